The molecule has 0 bridgehead atoms. The normalized spacial score (nSPS) is 29.5. The first-order valence-corrected chi connectivity index (χ1v) is 4.92. The molecule has 1 saturated heterocycles. The summed E-state index contributed by atoms with van der Waals surface area (Å²) in [5.74, 6) is 1.53. The van der Waals surface area contributed by atoms with Crippen LogP contribution in [-0.2, 0) is 4.79 Å². The fourth-order valence-electron chi connectivity index (χ4n) is 2.05. The molecular formula is C10H19NO. The lowest BCUT2D eigenvalue weighted by Gasteiger charge is -2.18. The van der Waals surface area contributed by atoms with E-state index in [-0.39, 0.29) is 5.91 Å². The number of carbonyl (C=O) groups is 1. The minimum atomic E-state index is 0.243. The maximum Gasteiger partial charge on any atom is 0.220 e. The molecule has 0 aromatic carbocycles. The van der Waals surface area contributed by atoms with E-state index in [1.807, 2.05) is 0 Å². The molecule has 1 aliphatic heterocycles. The summed E-state index contributed by atoms with van der Waals surface area (Å²) in [6.07, 6.45) is 3.00. The van der Waals surface area contributed by atoms with Gasteiger partial charge in [0, 0.05) is 12.5 Å². The number of rotatable bonds is 3. The van der Waals surface area contributed by atoms with Crippen molar-refractivity contribution in [2.45, 2.75) is 46.1 Å². The van der Waals surface area contributed by atoms with Crippen molar-refractivity contribution in [2.75, 3.05) is 0 Å². The summed E-state index contributed by atoms with van der Waals surface area (Å²) in [7, 11) is 0. The number of nitrogens with one attached hydrogen (secondary N) is 1. The Bertz CT molecular complexity index is 165. The van der Waals surface area contributed by atoms with Gasteiger partial charge in [0.2, 0.25) is 5.91 Å². The second-order valence-electron chi connectivity index (χ2n) is 4.18. The monoisotopic (exact) mass is 169 g/mol. The first-order valence-electron chi connectivity index (χ1n) is 4.92. The van der Waals surface area contributed by atoms with Gasteiger partial charge in [0.1, 0.15) is 0 Å². The fraction of sp³-hybridized carbons (Fsp3) is 0.900. The van der Waals surface area contributed by atoms with Crippen LogP contribution in [0.5, 0.6) is 0 Å². The van der Waals surface area contributed by atoms with Crippen LogP contribution in [0.25, 0.3) is 0 Å². The van der Waals surface area contributed by atoms with Crippen molar-refractivity contribution in [1.82, 2.24) is 5.32 Å². The second kappa shape index (κ2) is 3.92. The van der Waals surface area contributed by atoms with Gasteiger partial charge >= 0.3 is 0 Å². The number of amides is 1. The molecule has 0 saturated carbocycles. The van der Waals surface area contributed by atoms with Gasteiger partial charge in [0.25, 0.3) is 0 Å². The molecule has 70 valence electrons. The van der Waals surface area contributed by atoms with E-state index >= 15 is 0 Å². The molecule has 0 aromatic rings. The van der Waals surface area contributed by atoms with E-state index in [0.717, 1.165) is 12.8 Å². The fourth-order valence-corrected chi connectivity index (χ4v) is 2.05. The van der Waals surface area contributed by atoms with Crippen LogP contribution in [0.4, 0.5) is 0 Å². The topological polar surface area (TPSA) is 29.1 Å². The van der Waals surface area contributed by atoms with E-state index in [1.165, 1.54) is 6.42 Å². The molecule has 0 spiro atoms. The average molecular weight is 169 g/mol. The third-order valence-corrected chi connectivity index (χ3v) is 2.58. The highest BCUT2D eigenvalue weighted by atomic mass is 16.1. The van der Waals surface area contributed by atoms with E-state index in [1.54, 1.807) is 0 Å². The Kier molecular flexibility index (Phi) is 3.12. The molecule has 1 aliphatic rings. The number of hydrogen-bond donors (Lipinski definition) is 1. The maximum atomic E-state index is 11.1. The van der Waals surface area contributed by atoms with Gasteiger partial charge in [0.05, 0.1) is 0 Å². The second-order valence-corrected chi connectivity index (χ2v) is 4.18. The predicted molar refractivity (Wildman–Crippen MR) is 49.8 cm³/mol. The van der Waals surface area contributed by atoms with Crippen LogP contribution in [0.2, 0.25) is 0 Å². The lowest BCUT2D eigenvalue weighted by atomic mass is 9.90. The minimum Gasteiger partial charge on any atom is -0.353 e. The molecule has 0 aliphatic carbocycles. The van der Waals surface area contributed by atoms with Gasteiger partial charge in [-0.2, -0.15) is 0 Å². The van der Waals surface area contributed by atoms with E-state index < -0.39 is 0 Å². The van der Waals surface area contributed by atoms with Crippen LogP contribution >= 0.6 is 0 Å². The van der Waals surface area contributed by atoms with Crippen molar-refractivity contribution >= 4 is 5.91 Å². The molecule has 1 N–H and O–H groups in total. The van der Waals surface area contributed by atoms with Gasteiger partial charge in [0.15, 0.2) is 0 Å². The largest absolute Gasteiger partial charge is 0.353 e. The van der Waals surface area contributed by atoms with Crippen molar-refractivity contribution in [2.24, 2.45) is 11.8 Å². The summed E-state index contributed by atoms with van der Waals surface area (Å²) in [5.41, 5.74) is 0. The molecule has 0 radical (unpaired) electrons. The molecule has 1 rings (SSSR count). The van der Waals surface area contributed by atoms with Crippen molar-refractivity contribution in [3.63, 3.8) is 0 Å². The van der Waals surface area contributed by atoms with Crippen LogP contribution in [0, 0.1) is 11.8 Å². The Morgan fingerprint density at radius 2 is 2.25 bits per heavy atom. The Labute approximate surface area is 74.7 Å². The Balaban J connectivity index is 2.46. The van der Waals surface area contributed by atoms with Crippen LogP contribution in [-0.4, -0.2) is 11.9 Å². The van der Waals surface area contributed by atoms with Gasteiger partial charge in [-0.1, -0.05) is 20.8 Å². The van der Waals surface area contributed by atoms with Gasteiger partial charge in [-0.05, 0) is 24.7 Å². The number of hydrogen-bond acceptors (Lipinski definition) is 1. The highest BCUT2D eigenvalue weighted by molar-refractivity contribution is 5.78. The molecule has 1 fully saturated rings. The SMILES string of the molecule is CCC1NC(=O)CC1CC(C)C. The van der Waals surface area contributed by atoms with Gasteiger partial charge < -0.3 is 5.32 Å². The van der Waals surface area contributed by atoms with Gasteiger partial charge in [-0.15, -0.1) is 0 Å². The summed E-state index contributed by atoms with van der Waals surface area (Å²) < 4.78 is 0. The first-order chi connectivity index (χ1) is 5.63. The standard InChI is InChI=1S/C10H19NO/c1-4-9-8(5-7(2)3)6-10(12)11-9/h7-9H,4-6H2,1-3H3,(H,11,12). The minimum absolute atomic E-state index is 0.243. The summed E-state index contributed by atoms with van der Waals surface area (Å²) in [6, 6.07) is 0.444. The van der Waals surface area contributed by atoms with E-state index in [0.29, 0.717) is 17.9 Å². The molecule has 12 heavy (non-hydrogen) atoms. The molecule has 2 heteroatoms. The van der Waals surface area contributed by atoms with Crippen LogP contribution in [0.1, 0.15) is 40.0 Å². The molecule has 0 aromatic heterocycles. The quantitative estimate of drug-likeness (QED) is 0.687. The highest BCUT2D eigenvalue weighted by Crippen LogP contribution is 2.25. The third kappa shape index (κ3) is 2.23. The van der Waals surface area contributed by atoms with Crippen molar-refractivity contribution in [1.29, 1.82) is 0 Å². The molecular weight excluding hydrogens is 150 g/mol. The van der Waals surface area contributed by atoms with Gasteiger partial charge in [-0.3, -0.25) is 4.79 Å². The summed E-state index contributed by atoms with van der Waals surface area (Å²) in [6.45, 7) is 6.58. The smallest absolute Gasteiger partial charge is 0.220 e. The summed E-state index contributed by atoms with van der Waals surface area (Å²) in [4.78, 5) is 11.1. The first kappa shape index (κ1) is 9.56. The maximum absolute atomic E-state index is 11.1. The predicted octanol–water partition coefficient (Wildman–Crippen LogP) is 1.95. The van der Waals surface area contributed by atoms with E-state index in [9.17, 15) is 4.79 Å². The molecule has 2 nitrogen and oxygen atoms in total. The lowest BCUT2D eigenvalue weighted by Crippen LogP contribution is -2.28. The molecule has 2 unspecified atom stereocenters. The zero-order chi connectivity index (χ0) is 9.14. The highest BCUT2D eigenvalue weighted by Gasteiger charge is 2.30. The lowest BCUT2D eigenvalue weighted by molar-refractivity contribution is -0.119. The molecule has 1 amide bonds. The Morgan fingerprint density at radius 1 is 1.58 bits per heavy atom. The Morgan fingerprint density at radius 3 is 2.75 bits per heavy atom. The van der Waals surface area contributed by atoms with Gasteiger partial charge in [-0.25, -0.2) is 0 Å². The zero-order valence-electron chi connectivity index (χ0n) is 8.26. The van der Waals surface area contributed by atoms with Crippen LogP contribution in [0.15, 0.2) is 0 Å². The number of carbonyl (C=O) groups excluding carboxylic acids is 1. The van der Waals surface area contributed by atoms with Crippen LogP contribution in [0.3, 0.4) is 0 Å². The summed E-state index contributed by atoms with van der Waals surface area (Å²) >= 11 is 0. The van der Waals surface area contributed by atoms with Crippen molar-refractivity contribution < 1.29 is 4.79 Å². The van der Waals surface area contributed by atoms with Crippen molar-refractivity contribution in [3.8, 4) is 0 Å². The van der Waals surface area contributed by atoms with Crippen LogP contribution < -0.4 is 5.32 Å². The van der Waals surface area contributed by atoms with E-state index in [4.69, 9.17) is 0 Å². The van der Waals surface area contributed by atoms with E-state index in [2.05, 4.69) is 26.1 Å². The average Bonchev–Trinajstić information content (AvgIpc) is 2.29. The molecule has 2 atom stereocenters. The zero-order valence-corrected chi connectivity index (χ0v) is 8.26. The summed E-state index contributed by atoms with van der Waals surface area (Å²) in [5, 5.41) is 3.02. The third-order valence-electron chi connectivity index (χ3n) is 2.58. The Hall–Kier alpha value is -0.530. The molecule has 1 heterocycles. The van der Waals surface area contributed by atoms with Crippen molar-refractivity contribution in [3.05, 3.63) is 0 Å².